The van der Waals surface area contributed by atoms with Crippen LogP contribution in [0.1, 0.15) is 22.3 Å². The summed E-state index contributed by atoms with van der Waals surface area (Å²) in [5, 5.41) is 6.89. The van der Waals surface area contributed by atoms with Crippen LogP contribution in [0.4, 0.5) is 13.2 Å². The number of hydrogen-bond acceptors (Lipinski definition) is 6. The minimum atomic E-state index is -2.92. The van der Waals surface area contributed by atoms with E-state index in [1.165, 1.54) is 18.3 Å². The van der Waals surface area contributed by atoms with E-state index in [4.69, 9.17) is 20.4 Å². The van der Waals surface area contributed by atoms with Crippen molar-refractivity contribution in [1.29, 1.82) is 0 Å². The predicted molar refractivity (Wildman–Crippen MR) is 119 cm³/mol. The van der Waals surface area contributed by atoms with Crippen LogP contribution in [0.2, 0.25) is 0 Å². The highest BCUT2D eigenvalue weighted by atomic mass is 19.3. The van der Waals surface area contributed by atoms with E-state index in [2.05, 4.69) is 14.7 Å². The topological polar surface area (TPSA) is 107 Å². The summed E-state index contributed by atoms with van der Waals surface area (Å²) in [6.07, 6.45) is 1.46. The van der Waals surface area contributed by atoms with E-state index in [1.54, 1.807) is 31.2 Å². The lowest BCUT2D eigenvalue weighted by atomic mass is 9.81. The minimum Gasteiger partial charge on any atom is -0.483 e. The summed E-state index contributed by atoms with van der Waals surface area (Å²) < 4.78 is 49.6. The molecule has 0 radical (unpaired) electrons. The Balaban J connectivity index is 0.00000103. The fraction of sp³-hybridized carbons (Fsp3) is 0.208. The van der Waals surface area contributed by atoms with Crippen LogP contribution in [0.5, 0.6) is 5.75 Å². The van der Waals surface area contributed by atoms with Gasteiger partial charge in [-0.2, -0.15) is 13.2 Å². The van der Waals surface area contributed by atoms with Crippen LogP contribution in [0.25, 0.3) is 11.1 Å². The first-order chi connectivity index (χ1) is 16.2. The molecule has 0 spiro atoms. The number of aromatic nitrogens is 1. The van der Waals surface area contributed by atoms with Gasteiger partial charge in [0.25, 0.3) is 12.5 Å². The van der Waals surface area contributed by atoms with Crippen molar-refractivity contribution in [2.24, 2.45) is 10.7 Å². The number of ether oxygens (including phenoxy) is 2. The summed E-state index contributed by atoms with van der Waals surface area (Å²) in [5.41, 5.74) is 8.78. The van der Waals surface area contributed by atoms with E-state index in [0.717, 1.165) is 16.7 Å². The highest BCUT2D eigenvalue weighted by Crippen LogP contribution is 2.41. The van der Waals surface area contributed by atoms with Crippen LogP contribution in [0, 0.1) is 19.8 Å². The number of halogens is 3. The Labute approximate surface area is 193 Å². The molecule has 1 unspecified atom stereocenters. The van der Waals surface area contributed by atoms with Gasteiger partial charge in [-0.1, -0.05) is 24.3 Å². The monoisotopic (exact) mass is 473 g/mol. The van der Waals surface area contributed by atoms with E-state index >= 15 is 0 Å². The van der Waals surface area contributed by atoms with Crippen LogP contribution in [-0.4, -0.2) is 35.8 Å². The number of aryl methyl sites for hydroxylation is 2. The number of aliphatic imine (C=N–C) groups is 1. The van der Waals surface area contributed by atoms with Gasteiger partial charge in [0.1, 0.15) is 12.4 Å². The van der Waals surface area contributed by atoms with Gasteiger partial charge in [0.15, 0.2) is 5.54 Å². The molecule has 3 aromatic rings. The molecule has 7 nitrogen and oxygen atoms in total. The summed E-state index contributed by atoms with van der Waals surface area (Å²) in [5.74, 6) is -0.531. The average molecular weight is 473 g/mol. The number of nitrogens with two attached hydrogens (primary N) is 1. The highest BCUT2D eigenvalue weighted by molar-refractivity contribution is 5.76. The van der Waals surface area contributed by atoms with Crippen LogP contribution in [0.15, 0.2) is 59.7 Å². The van der Waals surface area contributed by atoms with Gasteiger partial charge in [-0.15, -0.1) is 0 Å². The molecular formula is C24H22F3N3O4. The quantitative estimate of drug-likeness (QED) is 0.420. The highest BCUT2D eigenvalue weighted by Gasteiger charge is 2.41. The lowest BCUT2D eigenvalue weighted by molar-refractivity contribution is -0.122. The van der Waals surface area contributed by atoms with Crippen molar-refractivity contribution < 1.29 is 32.5 Å². The van der Waals surface area contributed by atoms with Gasteiger partial charge in [0, 0.05) is 11.8 Å². The molecule has 0 aliphatic carbocycles. The zero-order valence-corrected chi connectivity index (χ0v) is 18.3. The molecule has 0 amide bonds. The Morgan fingerprint density at radius 3 is 2.56 bits per heavy atom. The number of carbonyl (C=O) groups is 1. The SMILES string of the molecule is Cc1cnc(F)c(-c2cccc(C3(c4ccc(OC(F)F)cc4C)COC(N)=N3)c2)c1.O=CO. The molecule has 2 heterocycles. The normalized spacial score (nSPS) is 16.8. The molecule has 3 N–H and O–H groups in total. The van der Waals surface area contributed by atoms with Gasteiger partial charge < -0.3 is 20.3 Å². The maximum absolute atomic E-state index is 14.4. The number of alkyl halides is 2. The van der Waals surface area contributed by atoms with Crippen molar-refractivity contribution in [2.45, 2.75) is 26.0 Å². The Morgan fingerprint density at radius 1 is 1.21 bits per heavy atom. The van der Waals surface area contributed by atoms with E-state index in [1.807, 2.05) is 19.1 Å². The first-order valence-electron chi connectivity index (χ1n) is 10.0. The number of pyridine rings is 1. The zero-order valence-electron chi connectivity index (χ0n) is 18.3. The summed E-state index contributed by atoms with van der Waals surface area (Å²) in [6.45, 7) is 0.557. The van der Waals surface area contributed by atoms with Gasteiger partial charge in [0.05, 0.1) is 0 Å². The standard InChI is InChI=1S/C23H20F3N3O2.CH2O2/c1-13-8-18(20(24)28-11-13)15-4-3-5-16(10-15)23(12-30-22(27)29-23)19-7-6-17(9-14(19)2)31-21(25)26;2-1-3/h3-11,21H,12H2,1-2H3,(H2,27,29);1H,(H,2,3). The fourth-order valence-corrected chi connectivity index (χ4v) is 3.85. The van der Waals surface area contributed by atoms with Gasteiger partial charge in [0.2, 0.25) is 5.95 Å². The summed E-state index contributed by atoms with van der Waals surface area (Å²) >= 11 is 0. The van der Waals surface area contributed by atoms with Gasteiger partial charge in [-0.25, -0.2) is 9.98 Å². The maximum atomic E-state index is 14.4. The van der Waals surface area contributed by atoms with E-state index in [9.17, 15) is 13.2 Å². The summed E-state index contributed by atoms with van der Waals surface area (Å²) in [4.78, 5) is 16.7. The van der Waals surface area contributed by atoms with Gasteiger partial charge in [-0.05, 0) is 65.9 Å². The Bertz CT molecular complexity index is 1220. The van der Waals surface area contributed by atoms with E-state index in [-0.39, 0.29) is 24.9 Å². The molecular weight excluding hydrogens is 451 g/mol. The second-order valence-corrected chi connectivity index (χ2v) is 7.49. The minimum absolute atomic E-state index is 0.0149. The molecule has 178 valence electrons. The molecule has 34 heavy (non-hydrogen) atoms. The number of nitrogens with zero attached hydrogens (tertiary/aromatic N) is 2. The third-order valence-electron chi connectivity index (χ3n) is 5.23. The van der Waals surface area contributed by atoms with Crippen LogP contribution in [0.3, 0.4) is 0 Å². The second kappa shape index (κ2) is 10.2. The third kappa shape index (κ3) is 5.11. The van der Waals surface area contributed by atoms with Crippen molar-refractivity contribution >= 4 is 12.5 Å². The van der Waals surface area contributed by atoms with Crippen molar-refractivity contribution in [3.05, 3.63) is 82.9 Å². The molecule has 2 aromatic carbocycles. The Morgan fingerprint density at radius 2 is 1.94 bits per heavy atom. The largest absolute Gasteiger partial charge is 0.483 e. The zero-order chi connectivity index (χ0) is 24.9. The summed E-state index contributed by atoms with van der Waals surface area (Å²) in [7, 11) is 0. The molecule has 1 atom stereocenters. The van der Waals surface area contributed by atoms with Gasteiger partial charge >= 0.3 is 6.61 Å². The number of hydrogen-bond donors (Lipinski definition) is 2. The Hall–Kier alpha value is -4.08. The van der Waals surface area contributed by atoms with Crippen LogP contribution in [-0.2, 0) is 15.1 Å². The van der Waals surface area contributed by atoms with Crippen molar-refractivity contribution in [3.63, 3.8) is 0 Å². The smallest absolute Gasteiger partial charge is 0.387 e. The molecule has 4 rings (SSSR count). The number of amidine groups is 1. The van der Waals surface area contributed by atoms with E-state index < -0.39 is 18.1 Å². The molecule has 1 aliphatic heterocycles. The third-order valence-corrected chi connectivity index (χ3v) is 5.23. The second-order valence-electron chi connectivity index (χ2n) is 7.49. The lowest BCUT2D eigenvalue weighted by Gasteiger charge is -2.28. The van der Waals surface area contributed by atoms with Crippen LogP contribution >= 0.6 is 0 Å². The molecule has 1 aliphatic rings. The molecule has 0 fully saturated rings. The number of carboxylic acid groups (broad SMARTS) is 1. The van der Waals surface area contributed by atoms with Gasteiger partial charge in [-0.3, -0.25) is 4.79 Å². The van der Waals surface area contributed by atoms with Crippen LogP contribution < -0.4 is 10.5 Å². The molecule has 1 aromatic heterocycles. The molecule has 10 heteroatoms. The predicted octanol–water partition coefficient (Wildman–Crippen LogP) is 4.40. The number of rotatable bonds is 5. The molecule has 0 bridgehead atoms. The summed E-state index contributed by atoms with van der Waals surface area (Å²) in [6, 6.07) is 13.6. The first kappa shape index (κ1) is 24.6. The average Bonchev–Trinajstić information content (AvgIpc) is 3.18. The Kier molecular flexibility index (Phi) is 7.40. The maximum Gasteiger partial charge on any atom is 0.387 e. The fourth-order valence-electron chi connectivity index (χ4n) is 3.85. The van der Waals surface area contributed by atoms with E-state index in [0.29, 0.717) is 16.7 Å². The molecule has 0 saturated carbocycles. The number of benzene rings is 2. The lowest BCUT2D eigenvalue weighted by Crippen LogP contribution is -2.28. The first-order valence-corrected chi connectivity index (χ1v) is 10.0. The van der Waals surface area contributed by atoms with Crippen molar-refractivity contribution in [1.82, 2.24) is 4.98 Å². The van der Waals surface area contributed by atoms with Crippen molar-refractivity contribution in [2.75, 3.05) is 6.61 Å². The van der Waals surface area contributed by atoms with Crippen molar-refractivity contribution in [3.8, 4) is 16.9 Å². The molecule has 0 saturated heterocycles.